The highest BCUT2D eigenvalue weighted by Gasteiger charge is 2.19. The molecule has 0 radical (unpaired) electrons. The molecule has 0 spiro atoms. The Bertz CT molecular complexity index is 121. The van der Waals surface area contributed by atoms with Gasteiger partial charge in [-0.25, -0.2) is 0 Å². The first-order valence-corrected chi connectivity index (χ1v) is 5.83. The normalized spacial score (nSPS) is 19.8. The maximum Gasteiger partial charge on any atom is 0.0319 e. The molecular weight excluding hydrogens is 160 g/mol. The van der Waals surface area contributed by atoms with Crippen LogP contribution in [0.2, 0.25) is 0 Å². The molecule has 1 saturated heterocycles. The molecule has 0 saturated carbocycles. The zero-order chi connectivity index (χ0) is 9.52. The summed E-state index contributed by atoms with van der Waals surface area (Å²) in [6.45, 7) is 6.90. The number of hydrogen-bond donors (Lipinski definition) is 2. The highest BCUT2D eigenvalue weighted by atomic mass is 15.1. The third kappa shape index (κ3) is 4.10. The minimum Gasteiger partial charge on any atom is -0.314 e. The third-order valence-electron chi connectivity index (χ3n) is 2.80. The Labute approximate surface area is 82.5 Å². The number of nitrogens with one attached hydrogen (secondary N) is 2. The number of rotatable bonds is 7. The lowest BCUT2D eigenvalue weighted by Crippen LogP contribution is -2.57. The second kappa shape index (κ2) is 6.39. The summed E-state index contributed by atoms with van der Waals surface area (Å²) in [6, 6.07) is 1.53. The van der Waals surface area contributed by atoms with Gasteiger partial charge in [0.15, 0.2) is 0 Å². The third-order valence-corrected chi connectivity index (χ3v) is 2.80. The molecule has 0 aromatic heterocycles. The maximum atomic E-state index is 3.73. The summed E-state index contributed by atoms with van der Waals surface area (Å²) in [5.41, 5.74) is 0. The van der Waals surface area contributed by atoms with Crippen molar-refractivity contribution in [3.05, 3.63) is 0 Å². The summed E-state index contributed by atoms with van der Waals surface area (Å²) in [4.78, 5) is 0. The van der Waals surface area contributed by atoms with E-state index in [-0.39, 0.29) is 0 Å². The first-order chi connectivity index (χ1) is 6.36. The molecule has 0 aromatic carbocycles. The second-order valence-corrected chi connectivity index (χ2v) is 4.15. The van der Waals surface area contributed by atoms with Crippen molar-refractivity contribution in [3.63, 3.8) is 0 Å². The molecule has 1 aliphatic rings. The lowest BCUT2D eigenvalue weighted by atomic mass is 10.0. The minimum atomic E-state index is 0.758. The Morgan fingerprint density at radius 3 is 2.46 bits per heavy atom. The van der Waals surface area contributed by atoms with Gasteiger partial charge in [-0.05, 0) is 12.8 Å². The summed E-state index contributed by atoms with van der Waals surface area (Å²) in [5, 5.41) is 7.03. The first kappa shape index (κ1) is 11.0. The SMILES string of the molecule is CCCCC(CCC)NC1CNC1. The second-order valence-electron chi connectivity index (χ2n) is 4.15. The van der Waals surface area contributed by atoms with Crippen molar-refractivity contribution >= 4 is 0 Å². The molecule has 2 N–H and O–H groups in total. The van der Waals surface area contributed by atoms with E-state index >= 15 is 0 Å². The van der Waals surface area contributed by atoms with Gasteiger partial charge in [-0.1, -0.05) is 33.1 Å². The summed E-state index contributed by atoms with van der Waals surface area (Å²) >= 11 is 0. The lowest BCUT2D eigenvalue weighted by molar-refractivity contribution is 0.305. The molecule has 1 rings (SSSR count). The Balaban J connectivity index is 2.11. The van der Waals surface area contributed by atoms with Crippen molar-refractivity contribution in [2.75, 3.05) is 13.1 Å². The highest BCUT2D eigenvalue weighted by Crippen LogP contribution is 2.08. The van der Waals surface area contributed by atoms with Crippen LogP contribution in [0.1, 0.15) is 46.0 Å². The van der Waals surface area contributed by atoms with Crippen LogP contribution in [0.15, 0.2) is 0 Å². The Morgan fingerprint density at radius 2 is 2.00 bits per heavy atom. The van der Waals surface area contributed by atoms with Crippen LogP contribution in [0.25, 0.3) is 0 Å². The lowest BCUT2D eigenvalue weighted by Gasteiger charge is -2.32. The molecule has 2 nitrogen and oxygen atoms in total. The van der Waals surface area contributed by atoms with Crippen LogP contribution in [0.4, 0.5) is 0 Å². The van der Waals surface area contributed by atoms with Gasteiger partial charge in [0, 0.05) is 25.2 Å². The van der Waals surface area contributed by atoms with Gasteiger partial charge in [0.05, 0.1) is 0 Å². The van der Waals surface area contributed by atoms with Crippen LogP contribution < -0.4 is 10.6 Å². The number of hydrogen-bond acceptors (Lipinski definition) is 2. The van der Waals surface area contributed by atoms with Gasteiger partial charge in [-0.15, -0.1) is 0 Å². The summed E-state index contributed by atoms with van der Waals surface area (Å²) < 4.78 is 0. The predicted octanol–water partition coefficient (Wildman–Crippen LogP) is 1.91. The van der Waals surface area contributed by atoms with Crippen LogP contribution in [0.5, 0.6) is 0 Å². The fourth-order valence-electron chi connectivity index (χ4n) is 1.85. The van der Waals surface area contributed by atoms with E-state index in [2.05, 4.69) is 24.5 Å². The van der Waals surface area contributed by atoms with E-state index in [0.29, 0.717) is 0 Å². The van der Waals surface area contributed by atoms with Crippen molar-refractivity contribution in [3.8, 4) is 0 Å². The zero-order valence-corrected chi connectivity index (χ0v) is 9.10. The monoisotopic (exact) mass is 184 g/mol. The standard InChI is InChI=1S/C11H24N2/c1-3-5-7-10(6-4-2)13-11-8-12-9-11/h10-13H,3-9H2,1-2H3. The smallest absolute Gasteiger partial charge is 0.0319 e. The van der Waals surface area contributed by atoms with Crippen LogP contribution in [0, 0.1) is 0 Å². The van der Waals surface area contributed by atoms with E-state index in [1.54, 1.807) is 0 Å². The topological polar surface area (TPSA) is 24.1 Å². The van der Waals surface area contributed by atoms with Gasteiger partial charge in [-0.2, -0.15) is 0 Å². The molecule has 1 aliphatic heterocycles. The van der Waals surface area contributed by atoms with Gasteiger partial charge in [-0.3, -0.25) is 0 Å². The molecule has 78 valence electrons. The van der Waals surface area contributed by atoms with Gasteiger partial charge < -0.3 is 10.6 Å². The van der Waals surface area contributed by atoms with E-state index in [0.717, 1.165) is 12.1 Å². The molecule has 1 unspecified atom stereocenters. The summed E-state index contributed by atoms with van der Waals surface area (Å²) in [5.74, 6) is 0. The Morgan fingerprint density at radius 1 is 1.23 bits per heavy atom. The van der Waals surface area contributed by atoms with Gasteiger partial charge >= 0.3 is 0 Å². The average Bonchev–Trinajstić information content (AvgIpc) is 2.07. The van der Waals surface area contributed by atoms with Gasteiger partial charge in [0.25, 0.3) is 0 Å². The Kier molecular flexibility index (Phi) is 5.40. The van der Waals surface area contributed by atoms with E-state index < -0.39 is 0 Å². The molecule has 0 aromatic rings. The maximum absolute atomic E-state index is 3.73. The van der Waals surface area contributed by atoms with E-state index in [9.17, 15) is 0 Å². The number of unbranched alkanes of at least 4 members (excludes halogenated alkanes) is 1. The Hall–Kier alpha value is -0.0800. The predicted molar refractivity (Wildman–Crippen MR) is 58.0 cm³/mol. The molecule has 13 heavy (non-hydrogen) atoms. The van der Waals surface area contributed by atoms with Crippen molar-refractivity contribution in [1.29, 1.82) is 0 Å². The molecule has 1 fully saturated rings. The summed E-state index contributed by atoms with van der Waals surface area (Å²) in [6.07, 6.45) is 6.71. The highest BCUT2D eigenvalue weighted by molar-refractivity contribution is 4.84. The molecule has 2 heteroatoms. The molecule has 1 heterocycles. The van der Waals surface area contributed by atoms with Crippen molar-refractivity contribution in [1.82, 2.24) is 10.6 Å². The summed E-state index contributed by atoms with van der Waals surface area (Å²) in [7, 11) is 0. The fourth-order valence-corrected chi connectivity index (χ4v) is 1.85. The minimum absolute atomic E-state index is 0.758. The molecule has 1 atom stereocenters. The average molecular weight is 184 g/mol. The van der Waals surface area contributed by atoms with Crippen LogP contribution in [-0.2, 0) is 0 Å². The van der Waals surface area contributed by atoms with Crippen LogP contribution >= 0.6 is 0 Å². The van der Waals surface area contributed by atoms with Crippen LogP contribution in [-0.4, -0.2) is 25.2 Å². The van der Waals surface area contributed by atoms with Gasteiger partial charge in [0.2, 0.25) is 0 Å². The molecular formula is C11H24N2. The van der Waals surface area contributed by atoms with Crippen molar-refractivity contribution < 1.29 is 0 Å². The largest absolute Gasteiger partial charge is 0.314 e. The molecule has 0 amide bonds. The molecule has 0 aliphatic carbocycles. The van der Waals surface area contributed by atoms with E-state index in [1.807, 2.05) is 0 Å². The zero-order valence-electron chi connectivity index (χ0n) is 9.10. The van der Waals surface area contributed by atoms with Gasteiger partial charge in [0.1, 0.15) is 0 Å². The fraction of sp³-hybridized carbons (Fsp3) is 1.00. The quantitative estimate of drug-likeness (QED) is 0.631. The van der Waals surface area contributed by atoms with Crippen LogP contribution in [0.3, 0.4) is 0 Å². The van der Waals surface area contributed by atoms with E-state index in [4.69, 9.17) is 0 Å². The molecule has 0 bridgehead atoms. The van der Waals surface area contributed by atoms with Crippen molar-refractivity contribution in [2.45, 2.75) is 58.0 Å². The van der Waals surface area contributed by atoms with E-state index in [1.165, 1.54) is 45.2 Å². The first-order valence-electron chi connectivity index (χ1n) is 5.83. The van der Waals surface area contributed by atoms with Crippen molar-refractivity contribution in [2.24, 2.45) is 0 Å².